The molecular formula is C9H15NOS. The Bertz CT molecular complexity index is 191. The first kappa shape index (κ1) is 9.65. The highest BCUT2D eigenvalue weighted by atomic mass is 32.1. The molecule has 1 amide bonds. The smallest absolute Gasteiger partial charge is 0.223 e. The minimum atomic E-state index is 0.284. The fourth-order valence-corrected chi connectivity index (χ4v) is 1.57. The van der Waals surface area contributed by atoms with Crippen molar-refractivity contribution in [3.8, 4) is 0 Å². The van der Waals surface area contributed by atoms with Gasteiger partial charge in [-0.3, -0.25) is 4.79 Å². The van der Waals surface area contributed by atoms with Gasteiger partial charge < -0.3 is 4.90 Å². The second kappa shape index (κ2) is 4.55. The first-order chi connectivity index (χ1) is 5.74. The van der Waals surface area contributed by atoms with Crippen molar-refractivity contribution in [3.63, 3.8) is 0 Å². The molecule has 1 saturated heterocycles. The van der Waals surface area contributed by atoms with Gasteiger partial charge in [-0.25, -0.2) is 0 Å². The van der Waals surface area contributed by atoms with Crippen molar-refractivity contribution < 1.29 is 4.79 Å². The van der Waals surface area contributed by atoms with Crippen molar-refractivity contribution in [1.29, 1.82) is 0 Å². The molecular weight excluding hydrogens is 170 g/mol. The van der Waals surface area contributed by atoms with E-state index in [0.717, 1.165) is 18.8 Å². The van der Waals surface area contributed by atoms with Crippen LogP contribution in [0, 0.1) is 5.92 Å². The number of carbonyl (C=O) groups is 1. The molecule has 1 aliphatic heterocycles. The van der Waals surface area contributed by atoms with Crippen LogP contribution in [0.3, 0.4) is 0 Å². The molecule has 0 aromatic heterocycles. The molecule has 0 aromatic carbocycles. The molecule has 3 heteroatoms. The summed E-state index contributed by atoms with van der Waals surface area (Å²) in [6.45, 7) is 3.78. The topological polar surface area (TPSA) is 20.3 Å². The Balaban J connectivity index is 2.33. The molecule has 1 aliphatic rings. The molecule has 12 heavy (non-hydrogen) atoms. The van der Waals surface area contributed by atoms with Gasteiger partial charge in [0.1, 0.15) is 0 Å². The average Bonchev–Trinajstić information content (AvgIpc) is 2.31. The number of nitrogens with zero attached hydrogens (tertiary/aromatic N) is 1. The number of amides is 1. The maximum absolute atomic E-state index is 11.3. The molecule has 0 spiro atoms. The van der Waals surface area contributed by atoms with Crippen molar-refractivity contribution in [2.45, 2.75) is 13.3 Å². The van der Waals surface area contributed by atoms with Crippen LogP contribution in [-0.4, -0.2) is 29.6 Å². The van der Waals surface area contributed by atoms with Gasteiger partial charge in [0.2, 0.25) is 5.91 Å². The summed E-state index contributed by atoms with van der Waals surface area (Å²) in [5.74, 6) is 1.56. The third-order valence-electron chi connectivity index (χ3n) is 2.01. The molecule has 1 unspecified atom stereocenters. The highest BCUT2D eigenvalue weighted by Gasteiger charge is 2.24. The van der Waals surface area contributed by atoms with Crippen LogP contribution in [0.25, 0.3) is 0 Å². The van der Waals surface area contributed by atoms with Gasteiger partial charge in [-0.1, -0.05) is 19.1 Å². The zero-order chi connectivity index (χ0) is 8.97. The van der Waals surface area contributed by atoms with Crippen molar-refractivity contribution >= 4 is 18.5 Å². The summed E-state index contributed by atoms with van der Waals surface area (Å²) in [7, 11) is 0. The quantitative estimate of drug-likeness (QED) is 0.520. The lowest BCUT2D eigenvalue weighted by atomic mass is 10.2. The molecule has 1 rings (SSSR count). The van der Waals surface area contributed by atoms with Crippen molar-refractivity contribution in [2.24, 2.45) is 5.92 Å². The van der Waals surface area contributed by atoms with Gasteiger partial charge in [-0.2, -0.15) is 12.6 Å². The Hall–Kier alpha value is -0.440. The molecule has 0 radical (unpaired) electrons. The van der Waals surface area contributed by atoms with E-state index in [-0.39, 0.29) is 5.91 Å². The van der Waals surface area contributed by atoms with E-state index in [4.69, 9.17) is 0 Å². The predicted molar refractivity (Wildman–Crippen MR) is 53.4 cm³/mol. The summed E-state index contributed by atoms with van der Waals surface area (Å²) in [4.78, 5) is 13.1. The number of hydrogen-bond acceptors (Lipinski definition) is 2. The largest absolute Gasteiger partial charge is 0.339 e. The lowest BCUT2D eigenvalue weighted by Gasteiger charge is -2.12. The summed E-state index contributed by atoms with van der Waals surface area (Å²) < 4.78 is 0. The van der Waals surface area contributed by atoms with E-state index in [1.165, 1.54) is 0 Å². The molecule has 0 bridgehead atoms. The second-order valence-corrected chi connectivity index (χ2v) is 3.63. The zero-order valence-electron chi connectivity index (χ0n) is 7.36. The maximum atomic E-state index is 11.3. The summed E-state index contributed by atoms with van der Waals surface area (Å²) in [5.41, 5.74) is 0. The Morgan fingerprint density at radius 3 is 2.92 bits per heavy atom. The Morgan fingerprint density at radius 1 is 1.67 bits per heavy atom. The number of likely N-dealkylation sites (tertiary alicyclic amines) is 1. The Labute approximate surface area is 79.0 Å². The van der Waals surface area contributed by atoms with Crippen molar-refractivity contribution in [2.75, 3.05) is 18.8 Å². The standard InChI is InChI=1S/C9H15NOS/c1-8-6-9(11)10(7-8)4-2-3-5-12/h2-3,8,12H,4-7H2,1H3. The molecule has 1 heterocycles. The molecule has 1 fully saturated rings. The highest BCUT2D eigenvalue weighted by molar-refractivity contribution is 7.80. The van der Waals surface area contributed by atoms with Crippen LogP contribution in [0.5, 0.6) is 0 Å². The summed E-state index contributed by atoms with van der Waals surface area (Å²) in [6.07, 6.45) is 4.69. The van der Waals surface area contributed by atoms with Gasteiger partial charge in [0.25, 0.3) is 0 Å². The van der Waals surface area contributed by atoms with Crippen LogP contribution in [0.1, 0.15) is 13.3 Å². The van der Waals surface area contributed by atoms with Crippen molar-refractivity contribution in [1.82, 2.24) is 4.90 Å². The molecule has 0 N–H and O–H groups in total. The SMILES string of the molecule is CC1CC(=O)N(CC=CCS)C1. The summed E-state index contributed by atoms with van der Waals surface area (Å²) in [5, 5.41) is 0. The summed E-state index contributed by atoms with van der Waals surface area (Å²) >= 11 is 4.05. The molecule has 68 valence electrons. The van der Waals surface area contributed by atoms with E-state index in [1.54, 1.807) is 0 Å². The maximum Gasteiger partial charge on any atom is 0.223 e. The number of rotatable bonds is 3. The first-order valence-corrected chi connectivity index (χ1v) is 4.91. The monoisotopic (exact) mass is 185 g/mol. The molecule has 0 saturated carbocycles. The number of thiol groups is 1. The van der Waals surface area contributed by atoms with E-state index >= 15 is 0 Å². The highest BCUT2D eigenvalue weighted by Crippen LogP contribution is 2.15. The third-order valence-corrected chi connectivity index (χ3v) is 2.22. The summed E-state index contributed by atoms with van der Waals surface area (Å²) in [6, 6.07) is 0. The average molecular weight is 185 g/mol. The van der Waals surface area contributed by atoms with Crippen LogP contribution in [0.15, 0.2) is 12.2 Å². The van der Waals surface area contributed by atoms with Crippen LogP contribution >= 0.6 is 12.6 Å². The van der Waals surface area contributed by atoms with Crippen molar-refractivity contribution in [3.05, 3.63) is 12.2 Å². The minimum absolute atomic E-state index is 0.284. The van der Waals surface area contributed by atoms with Crippen LogP contribution in [0.2, 0.25) is 0 Å². The van der Waals surface area contributed by atoms with Crippen LogP contribution < -0.4 is 0 Å². The molecule has 0 aliphatic carbocycles. The third kappa shape index (κ3) is 2.55. The van der Waals surface area contributed by atoms with Gasteiger partial charge in [-0.05, 0) is 5.92 Å². The molecule has 2 nitrogen and oxygen atoms in total. The second-order valence-electron chi connectivity index (χ2n) is 3.26. The lowest BCUT2D eigenvalue weighted by Crippen LogP contribution is -2.24. The van der Waals surface area contributed by atoms with Crippen LogP contribution in [0.4, 0.5) is 0 Å². The van der Waals surface area contributed by atoms with E-state index < -0.39 is 0 Å². The normalized spacial score (nSPS) is 24.3. The van der Waals surface area contributed by atoms with Gasteiger partial charge in [0, 0.05) is 25.3 Å². The molecule has 0 aromatic rings. The van der Waals surface area contributed by atoms with E-state index in [1.807, 2.05) is 17.1 Å². The van der Waals surface area contributed by atoms with Gasteiger partial charge in [0.15, 0.2) is 0 Å². The van der Waals surface area contributed by atoms with Gasteiger partial charge in [-0.15, -0.1) is 0 Å². The predicted octanol–water partition coefficient (Wildman–Crippen LogP) is 1.34. The molecule has 1 atom stereocenters. The number of carbonyl (C=O) groups excluding carboxylic acids is 1. The van der Waals surface area contributed by atoms with E-state index in [2.05, 4.69) is 19.6 Å². The zero-order valence-corrected chi connectivity index (χ0v) is 8.26. The first-order valence-electron chi connectivity index (χ1n) is 4.27. The Morgan fingerprint density at radius 2 is 2.42 bits per heavy atom. The Kier molecular flexibility index (Phi) is 3.66. The number of hydrogen-bond donors (Lipinski definition) is 1. The fourth-order valence-electron chi connectivity index (χ4n) is 1.42. The van der Waals surface area contributed by atoms with E-state index in [0.29, 0.717) is 12.3 Å². The lowest BCUT2D eigenvalue weighted by molar-refractivity contribution is -0.127. The minimum Gasteiger partial charge on any atom is -0.339 e. The van der Waals surface area contributed by atoms with E-state index in [9.17, 15) is 4.79 Å². The van der Waals surface area contributed by atoms with Gasteiger partial charge in [0.05, 0.1) is 0 Å². The van der Waals surface area contributed by atoms with Crippen LogP contribution in [-0.2, 0) is 4.79 Å². The fraction of sp³-hybridized carbons (Fsp3) is 0.667. The van der Waals surface area contributed by atoms with Gasteiger partial charge >= 0.3 is 0 Å².